The first-order valence-corrected chi connectivity index (χ1v) is 7.65. The maximum atomic E-state index is 12.2. The van der Waals surface area contributed by atoms with Gasteiger partial charge in [0, 0.05) is 18.7 Å². The van der Waals surface area contributed by atoms with Gasteiger partial charge in [0.25, 0.3) is 5.69 Å². The van der Waals surface area contributed by atoms with Gasteiger partial charge in [-0.15, -0.1) is 0 Å². The first-order valence-electron chi connectivity index (χ1n) is 7.65. The van der Waals surface area contributed by atoms with Crippen LogP contribution in [0.1, 0.15) is 16.7 Å². The van der Waals surface area contributed by atoms with Crippen LogP contribution in [0.25, 0.3) is 0 Å². The van der Waals surface area contributed by atoms with E-state index in [-0.39, 0.29) is 18.1 Å². The van der Waals surface area contributed by atoms with Crippen molar-refractivity contribution in [2.24, 2.45) is 0 Å². The topological polar surface area (TPSA) is 75.5 Å². The van der Waals surface area contributed by atoms with Gasteiger partial charge in [0.15, 0.2) is 0 Å². The second-order valence-corrected chi connectivity index (χ2v) is 5.90. The van der Waals surface area contributed by atoms with E-state index in [4.69, 9.17) is 0 Å². The lowest BCUT2D eigenvalue weighted by Gasteiger charge is -2.18. The van der Waals surface area contributed by atoms with E-state index in [1.54, 1.807) is 13.0 Å². The van der Waals surface area contributed by atoms with Crippen LogP contribution in [0.5, 0.6) is 0 Å². The van der Waals surface area contributed by atoms with Gasteiger partial charge in [-0.1, -0.05) is 30.3 Å². The highest BCUT2D eigenvalue weighted by molar-refractivity contribution is 5.93. The standard InChI is InChI=1S/C18H21N3O3/c1-13-6-4-5-7-15(13)11-20(3)12-18(22)19-17-10-16(21(23)24)9-8-14(17)2/h4-10H,11-12H2,1-3H3,(H,19,22). The van der Waals surface area contributed by atoms with Crippen molar-refractivity contribution in [2.75, 3.05) is 18.9 Å². The third kappa shape index (κ3) is 4.63. The smallest absolute Gasteiger partial charge is 0.271 e. The van der Waals surface area contributed by atoms with Gasteiger partial charge < -0.3 is 5.32 Å². The van der Waals surface area contributed by atoms with Gasteiger partial charge in [-0.2, -0.15) is 0 Å². The molecule has 24 heavy (non-hydrogen) atoms. The number of carbonyl (C=O) groups excluding carboxylic acids is 1. The summed E-state index contributed by atoms with van der Waals surface area (Å²) < 4.78 is 0. The van der Waals surface area contributed by atoms with Crippen molar-refractivity contribution in [1.29, 1.82) is 0 Å². The van der Waals surface area contributed by atoms with Crippen molar-refractivity contribution in [1.82, 2.24) is 4.90 Å². The number of nitrogens with zero attached hydrogens (tertiary/aromatic N) is 2. The molecule has 2 aromatic carbocycles. The van der Waals surface area contributed by atoms with E-state index in [1.807, 2.05) is 43.1 Å². The number of non-ortho nitro benzene ring substituents is 1. The van der Waals surface area contributed by atoms with Gasteiger partial charge in [0.05, 0.1) is 17.2 Å². The summed E-state index contributed by atoms with van der Waals surface area (Å²) in [5.74, 6) is -0.199. The number of rotatable bonds is 6. The molecule has 126 valence electrons. The SMILES string of the molecule is Cc1ccccc1CN(C)CC(=O)Nc1cc([N+](=O)[O-])ccc1C. The molecule has 0 heterocycles. The fourth-order valence-corrected chi connectivity index (χ4v) is 2.43. The van der Waals surface area contributed by atoms with Crippen LogP contribution in [-0.2, 0) is 11.3 Å². The predicted octanol–water partition coefficient (Wildman–Crippen LogP) is 3.28. The molecule has 0 bridgehead atoms. The molecule has 6 heteroatoms. The Morgan fingerprint density at radius 2 is 1.88 bits per heavy atom. The molecule has 0 aliphatic heterocycles. The normalized spacial score (nSPS) is 10.7. The zero-order valence-electron chi connectivity index (χ0n) is 14.1. The monoisotopic (exact) mass is 327 g/mol. The summed E-state index contributed by atoms with van der Waals surface area (Å²) in [6.07, 6.45) is 0. The molecule has 6 nitrogen and oxygen atoms in total. The molecule has 0 spiro atoms. The number of anilines is 1. The summed E-state index contributed by atoms with van der Waals surface area (Å²) in [6, 6.07) is 12.5. The minimum atomic E-state index is -0.473. The summed E-state index contributed by atoms with van der Waals surface area (Å²) in [4.78, 5) is 24.5. The maximum Gasteiger partial charge on any atom is 0.271 e. The quantitative estimate of drug-likeness (QED) is 0.652. The van der Waals surface area contributed by atoms with Crippen LogP contribution in [0, 0.1) is 24.0 Å². The first kappa shape index (κ1) is 17.6. The minimum Gasteiger partial charge on any atom is -0.324 e. The molecule has 0 atom stereocenters. The third-order valence-corrected chi connectivity index (χ3v) is 3.82. The van der Waals surface area contributed by atoms with Gasteiger partial charge in [-0.3, -0.25) is 19.8 Å². The number of hydrogen-bond acceptors (Lipinski definition) is 4. The molecule has 1 N–H and O–H groups in total. The van der Waals surface area contributed by atoms with Gasteiger partial charge >= 0.3 is 0 Å². The van der Waals surface area contributed by atoms with E-state index in [1.165, 1.54) is 23.3 Å². The van der Waals surface area contributed by atoms with Crippen LogP contribution in [0.4, 0.5) is 11.4 Å². The van der Waals surface area contributed by atoms with E-state index >= 15 is 0 Å². The molecule has 0 saturated heterocycles. The number of aryl methyl sites for hydroxylation is 2. The van der Waals surface area contributed by atoms with Crippen LogP contribution in [0.15, 0.2) is 42.5 Å². The Hall–Kier alpha value is -2.73. The Kier molecular flexibility index (Phi) is 5.65. The van der Waals surface area contributed by atoms with Crippen molar-refractivity contribution in [3.05, 3.63) is 69.3 Å². The van der Waals surface area contributed by atoms with E-state index in [9.17, 15) is 14.9 Å². The molecule has 0 aromatic heterocycles. The zero-order chi connectivity index (χ0) is 17.7. The van der Waals surface area contributed by atoms with Gasteiger partial charge in [-0.25, -0.2) is 0 Å². The second-order valence-electron chi connectivity index (χ2n) is 5.90. The molecule has 0 aliphatic carbocycles. The largest absolute Gasteiger partial charge is 0.324 e. The molecule has 2 rings (SSSR count). The molecule has 1 amide bonds. The van der Waals surface area contributed by atoms with Gasteiger partial charge in [0.2, 0.25) is 5.91 Å². The minimum absolute atomic E-state index is 0.0378. The Morgan fingerprint density at radius 3 is 2.54 bits per heavy atom. The van der Waals surface area contributed by atoms with Crippen LogP contribution >= 0.6 is 0 Å². The number of nitrogens with one attached hydrogen (secondary N) is 1. The number of amides is 1. The molecule has 0 aliphatic rings. The predicted molar refractivity (Wildman–Crippen MR) is 94.0 cm³/mol. The Labute approximate surface area is 141 Å². The third-order valence-electron chi connectivity index (χ3n) is 3.82. The second kappa shape index (κ2) is 7.70. The summed E-state index contributed by atoms with van der Waals surface area (Å²) >= 11 is 0. The molecular formula is C18H21N3O3. The lowest BCUT2D eigenvalue weighted by molar-refractivity contribution is -0.384. The molecule has 0 radical (unpaired) electrons. The number of likely N-dealkylation sites (N-methyl/N-ethyl adjacent to an activating group) is 1. The van der Waals surface area contributed by atoms with Crippen LogP contribution in [0.2, 0.25) is 0 Å². The van der Waals surface area contributed by atoms with Crippen LogP contribution in [-0.4, -0.2) is 29.3 Å². The van der Waals surface area contributed by atoms with Crippen LogP contribution in [0.3, 0.4) is 0 Å². The molecule has 0 saturated carbocycles. The van der Waals surface area contributed by atoms with E-state index < -0.39 is 4.92 Å². The number of carbonyl (C=O) groups is 1. The number of benzene rings is 2. The van der Waals surface area contributed by atoms with E-state index in [0.29, 0.717) is 12.2 Å². The van der Waals surface area contributed by atoms with E-state index in [0.717, 1.165) is 5.56 Å². The number of nitro benzene ring substituents is 1. The average molecular weight is 327 g/mol. The van der Waals surface area contributed by atoms with Crippen molar-refractivity contribution in [2.45, 2.75) is 20.4 Å². The summed E-state index contributed by atoms with van der Waals surface area (Å²) in [5.41, 5.74) is 3.57. The first-order chi connectivity index (χ1) is 11.4. The molecule has 0 fully saturated rings. The highest BCUT2D eigenvalue weighted by Crippen LogP contribution is 2.21. The Balaban J connectivity index is 1.99. The molecule has 2 aromatic rings. The van der Waals surface area contributed by atoms with E-state index in [2.05, 4.69) is 5.32 Å². The lowest BCUT2D eigenvalue weighted by Crippen LogP contribution is -2.30. The number of hydrogen-bond donors (Lipinski definition) is 1. The molecular weight excluding hydrogens is 306 g/mol. The van der Waals surface area contributed by atoms with Crippen LogP contribution < -0.4 is 5.32 Å². The molecule has 0 unspecified atom stereocenters. The van der Waals surface area contributed by atoms with Gasteiger partial charge in [0.1, 0.15) is 0 Å². The maximum absolute atomic E-state index is 12.2. The summed E-state index contributed by atoms with van der Waals surface area (Å²) in [6.45, 7) is 4.70. The average Bonchev–Trinajstić information content (AvgIpc) is 2.51. The fourth-order valence-electron chi connectivity index (χ4n) is 2.43. The summed E-state index contributed by atoms with van der Waals surface area (Å²) in [5, 5.41) is 13.6. The highest BCUT2D eigenvalue weighted by Gasteiger charge is 2.13. The number of nitro groups is 1. The Morgan fingerprint density at radius 1 is 1.17 bits per heavy atom. The van der Waals surface area contributed by atoms with Gasteiger partial charge in [-0.05, 0) is 37.6 Å². The van der Waals surface area contributed by atoms with Crippen molar-refractivity contribution in [3.8, 4) is 0 Å². The zero-order valence-corrected chi connectivity index (χ0v) is 14.1. The highest BCUT2D eigenvalue weighted by atomic mass is 16.6. The Bertz CT molecular complexity index is 759. The summed E-state index contributed by atoms with van der Waals surface area (Å²) in [7, 11) is 1.87. The fraction of sp³-hybridized carbons (Fsp3) is 0.278. The van der Waals surface area contributed by atoms with Crippen molar-refractivity contribution in [3.63, 3.8) is 0 Å². The lowest BCUT2D eigenvalue weighted by atomic mass is 10.1. The van der Waals surface area contributed by atoms with Crippen molar-refractivity contribution >= 4 is 17.3 Å². The van der Waals surface area contributed by atoms with Crippen molar-refractivity contribution < 1.29 is 9.72 Å².